The Hall–Kier alpha value is -3.21. The summed E-state index contributed by atoms with van der Waals surface area (Å²) < 4.78 is 0. The monoisotopic (exact) mass is 400 g/mol. The highest BCUT2D eigenvalue weighted by Gasteiger charge is 2.27. The molecule has 1 aromatic heterocycles. The molecular formula is C25H28N4O. The number of hydrogen-bond acceptors (Lipinski definition) is 4. The smallest absolute Gasteiger partial charge is 0.229 e. The molecule has 0 unspecified atom stereocenters. The summed E-state index contributed by atoms with van der Waals surface area (Å²) in [5.41, 5.74) is 6.42. The van der Waals surface area contributed by atoms with Gasteiger partial charge in [0.1, 0.15) is 0 Å². The van der Waals surface area contributed by atoms with E-state index < -0.39 is 0 Å². The minimum atomic E-state index is -0.0565. The topological polar surface area (TPSA) is 58.1 Å². The summed E-state index contributed by atoms with van der Waals surface area (Å²) in [5, 5.41) is 11.9. The Labute approximate surface area is 178 Å². The zero-order valence-corrected chi connectivity index (χ0v) is 17.9. The number of carbonyl (C=O) groups is 1. The lowest BCUT2D eigenvalue weighted by Crippen LogP contribution is -2.41. The fourth-order valence-electron chi connectivity index (χ4n) is 3.83. The SMILES string of the molecule is Cc1ccc(-c2ccc(N3CCC[C@@H](C(=O)Nc4ccc(C)c(C)c4)C3)nn2)cc1. The molecule has 0 aliphatic carbocycles. The Morgan fingerprint density at radius 1 is 0.967 bits per heavy atom. The zero-order valence-electron chi connectivity index (χ0n) is 17.9. The van der Waals surface area contributed by atoms with E-state index in [1.807, 2.05) is 30.3 Å². The summed E-state index contributed by atoms with van der Waals surface area (Å²) in [6, 6.07) is 18.3. The average molecular weight is 401 g/mol. The molecule has 1 fully saturated rings. The van der Waals surface area contributed by atoms with Crippen LogP contribution >= 0.6 is 0 Å². The number of amides is 1. The molecule has 2 aromatic carbocycles. The maximum atomic E-state index is 12.8. The van der Waals surface area contributed by atoms with Crippen LogP contribution in [0.15, 0.2) is 54.6 Å². The lowest BCUT2D eigenvalue weighted by atomic mass is 9.97. The molecule has 5 heteroatoms. The van der Waals surface area contributed by atoms with Gasteiger partial charge in [-0.25, -0.2) is 0 Å². The third-order valence-corrected chi connectivity index (χ3v) is 5.89. The lowest BCUT2D eigenvalue weighted by Gasteiger charge is -2.32. The van der Waals surface area contributed by atoms with E-state index in [-0.39, 0.29) is 11.8 Å². The molecule has 1 aliphatic heterocycles. The summed E-state index contributed by atoms with van der Waals surface area (Å²) in [4.78, 5) is 15.0. The first-order valence-corrected chi connectivity index (χ1v) is 10.5. The van der Waals surface area contributed by atoms with Gasteiger partial charge in [-0.2, -0.15) is 0 Å². The first-order valence-electron chi connectivity index (χ1n) is 10.5. The van der Waals surface area contributed by atoms with Crippen LogP contribution in [0.2, 0.25) is 0 Å². The van der Waals surface area contributed by atoms with E-state index in [1.165, 1.54) is 16.7 Å². The van der Waals surface area contributed by atoms with Crippen molar-refractivity contribution in [2.24, 2.45) is 5.92 Å². The van der Waals surface area contributed by atoms with Crippen molar-refractivity contribution in [1.29, 1.82) is 0 Å². The lowest BCUT2D eigenvalue weighted by molar-refractivity contribution is -0.120. The molecule has 0 radical (unpaired) electrons. The van der Waals surface area contributed by atoms with Crippen LogP contribution in [0.1, 0.15) is 29.5 Å². The van der Waals surface area contributed by atoms with Crippen molar-refractivity contribution in [3.8, 4) is 11.3 Å². The highest BCUT2D eigenvalue weighted by Crippen LogP contribution is 2.25. The molecule has 1 amide bonds. The second-order valence-corrected chi connectivity index (χ2v) is 8.22. The van der Waals surface area contributed by atoms with Crippen LogP contribution in [0.4, 0.5) is 11.5 Å². The molecular weight excluding hydrogens is 372 g/mol. The van der Waals surface area contributed by atoms with E-state index in [4.69, 9.17) is 0 Å². The Morgan fingerprint density at radius 3 is 2.47 bits per heavy atom. The van der Waals surface area contributed by atoms with Gasteiger partial charge in [-0.15, -0.1) is 10.2 Å². The number of hydrogen-bond donors (Lipinski definition) is 1. The largest absolute Gasteiger partial charge is 0.354 e. The van der Waals surface area contributed by atoms with Gasteiger partial charge in [0.15, 0.2) is 5.82 Å². The predicted octanol–water partition coefficient (Wildman–Crippen LogP) is 4.92. The fraction of sp³-hybridized carbons (Fsp3) is 0.320. The fourth-order valence-corrected chi connectivity index (χ4v) is 3.83. The van der Waals surface area contributed by atoms with E-state index >= 15 is 0 Å². The minimum absolute atomic E-state index is 0.0565. The molecule has 0 spiro atoms. The maximum Gasteiger partial charge on any atom is 0.229 e. The van der Waals surface area contributed by atoms with Crippen molar-refractivity contribution in [3.63, 3.8) is 0 Å². The Bertz CT molecular complexity index is 1030. The van der Waals surface area contributed by atoms with Gasteiger partial charge in [0, 0.05) is 24.3 Å². The van der Waals surface area contributed by atoms with Gasteiger partial charge >= 0.3 is 0 Å². The van der Waals surface area contributed by atoms with E-state index in [2.05, 4.69) is 65.5 Å². The van der Waals surface area contributed by atoms with Gasteiger partial charge in [0.05, 0.1) is 11.6 Å². The second-order valence-electron chi connectivity index (χ2n) is 8.22. The number of rotatable bonds is 4. The van der Waals surface area contributed by atoms with Crippen LogP contribution in [-0.4, -0.2) is 29.2 Å². The minimum Gasteiger partial charge on any atom is -0.354 e. The van der Waals surface area contributed by atoms with Crippen molar-refractivity contribution in [1.82, 2.24) is 10.2 Å². The van der Waals surface area contributed by atoms with Crippen molar-refractivity contribution < 1.29 is 4.79 Å². The summed E-state index contributed by atoms with van der Waals surface area (Å²) in [6.07, 6.45) is 1.86. The summed E-state index contributed by atoms with van der Waals surface area (Å²) in [7, 11) is 0. The summed E-state index contributed by atoms with van der Waals surface area (Å²) >= 11 is 0. The van der Waals surface area contributed by atoms with Gasteiger partial charge in [-0.3, -0.25) is 4.79 Å². The third-order valence-electron chi connectivity index (χ3n) is 5.89. The summed E-state index contributed by atoms with van der Waals surface area (Å²) in [5.74, 6) is 0.848. The quantitative estimate of drug-likeness (QED) is 0.675. The van der Waals surface area contributed by atoms with Gasteiger partial charge in [-0.1, -0.05) is 35.9 Å². The Kier molecular flexibility index (Phi) is 5.79. The van der Waals surface area contributed by atoms with Crippen molar-refractivity contribution in [2.45, 2.75) is 33.6 Å². The van der Waals surface area contributed by atoms with Crippen LogP contribution in [0.5, 0.6) is 0 Å². The first kappa shape index (κ1) is 20.1. The van der Waals surface area contributed by atoms with Gasteiger partial charge < -0.3 is 10.2 Å². The molecule has 30 heavy (non-hydrogen) atoms. The summed E-state index contributed by atoms with van der Waals surface area (Å²) in [6.45, 7) is 7.76. The molecule has 2 heterocycles. The standard InChI is InChI=1S/C25H28N4O/c1-17-6-9-20(10-7-17)23-12-13-24(28-27-23)29-14-4-5-21(16-29)25(30)26-22-11-8-18(2)19(3)15-22/h6-13,15,21H,4-5,14,16H2,1-3H3,(H,26,30)/t21-/m1/s1. The average Bonchev–Trinajstić information content (AvgIpc) is 2.77. The second kappa shape index (κ2) is 8.66. The number of anilines is 2. The Balaban J connectivity index is 1.42. The molecule has 1 atom stereocenters. The molecule has 1 saturated heterocycles. The molecule has 5 nitrogen and oxygen atoms in total. The number of piperidine rings is 1. The molecule has 154 valence electrons. The molecule has 1 aliphatic rings. The number of benzene rings is 2. The van der Waals surface area contributed by atoms with Crippen molar-refractivity contribution in [3.05, 3.63) is 71.3 Å². The van der Waals surface area contributed by atoms with E-state index in [1.54, 1.807) is 0 Å². The highest BCUT2D eigenvalue weighted by molar-refractivity contribution is 5.93. The van der Waals surface area contributed by atoms with E-state index in [9.17, 15) is 4.79 Å². The number of carbonyl (C=O) groups excluding carboxylic acids is 1. The first-order chi connectivity index (χ1) is 14.5. The predicted molar refractivity (Wildman–Crippen MR) is 122 cm³/mol. The van der Waals surface area contributed by atoms with Crippen molar-refractivity contribution >= 4 is 17.4 Å². The maximum absolute atomic E-state index is 12.8. The van der Waals surface area contributed by atoms with Crippen LogP contribution in [0.3, 0.4) is 0 Å². The molecule has 4 rings (SSSR count). The highest BCUT2D eigenvalue weighted by atomic mass is 16.1. The molecule has 0 saturated carbocycles. The van der Waals surface area contributed by atoms with Crippen LogP contribution in [0, 0.1) is 26.7 Å². The van der Waals surface area contributed by atoms with E-state index in [0.717, 1.165) is 42.1 Å². The van der Waals surface area contributed by atoms with Crippen molar-refractivity contribution in [2.75, 3.05) is 23.3 Å². The van der Waals surface area contributed by atoms with Gasteiger partial charge in [0.25, 0.3) is 0 Å². The number of aryl methyl sites for hydroxylation is 3. The molecule has 1 N–H and O–H groups in total. The van der Waals surface area contributed by atoms with E-state index in [0.29, 0.717) is 6.54 Å². The van der Waals surface area contributed by atoms with Crippen LogP contribution in [0.25, 0.3) is 11.3 Å². The van der Waals surface area contributed by atoms with Gasteiger partial charge in [-0.05, 0) is 69.0 Å². The number of nitrogens with one attached hydrogen (secondary N) is 1. The van der Waals surface area contributed by atoms with Crippen LogP contribution in [-0.2, 0) is 4.79 Å². The number of aromatic nitrogens is 2. The van der Waals surface area contributed by atoms with Gasteiger partial charge in [0.2, 0.25) is 5.91 Å². The third kappa shape index (κ3) is 4.51. The molecule has 3 aromatic rings. The normalized spacial score (nSPS) is 16.4. The molecule has 0 bridgehead atoms. The van der Waals surface area contributed by atoms with Crippen LogP contribution < -0.4 is 10.2 Å². The zero-order chi connectivity index (χ0) is 21.1. The number of nitrogens with zero attached hydrogens (tertiary/aromatic N) is 3. The Morgan fingerprint density at radius 2 is 1.77 bits per heavy atom.